The zero-order valence-corrected chi connectivity index (χ0v) is 16.5. The van der Waals surface area contributed by atoms with Crippen LogP contribution in [-0.4, -0.2) is 54.5 Å². The quantitative estimate of drug-likeness (QED) is 0.706. The first kappa shape index (κ1) is 21.6. The molecule has 0 unspecified atom stereocenters. The van der Waals surface area contributed by atoms with Gasteiger partial charge in [-0.05, 0) is 37.6 Å². The Hall–Kier alpha value is -3.10. The van der Waals surface area contributed by atoms with Crippen LogP contribution in [0.2, 0.25) is 0 Å². The number of carbonyl (C=O) groups is 2. The Kier molecular flexibility index (Phi) is 6.59. The average Bonchev–Trinajstić information content (AvgIpc) is 2.99. The highest BCUT2D eigenvalue weighted by molar-refractivity contribution is 5.96. The third-order valence-electron chi connectivity index (χ3n) is 4.83. The molecule has 1 aromatic heterocycles. The van der Waals surface area contributed by atoms with Crippen molar-refractivity contribution in [3.8, 4) is 0 Å². The predicted octanol–water partition coefficient (Wildman–Crippen LogP) is 3.63. The molecule has 0 aliphatic carbocycles. The van der Waals surface area contributed by atoms with Crippen LogP contribution in [0.15, 0.2) is 42.6 Å². The van der Waals surface area contributed by atoms with Crippen LogP contribution in [0.3, 0.4) is 0 Å². The molecule has 9 heteroatoms. The number of benzene rings is 1. The van der Waals surface area contributed by atoms with Gasteiger partial charge >= 0.3 is 12.1 Å². The summed E-state index contributed by atoms with van der Waals surface area (Å²) in [6, 6.07) is 8.16. The van der Waals surface area contributed by atoms with E-state index in [0.717, 1.165) is 6.07 Å². The van der Waals surface area contributed by atoms with Crippen molar-refractivity contribution in [2.24, 2.45) is 0 Å². The van der Waals surface area contributed by atoms with Crippen LogP contribution < -0.4 is 4.90 Å². The Labute approximate surface area is 172 Å². The molecular formula is C21H22F3N3O3. The van der Waals surface area contributed by atoms with Crippen molar-refractivity contribution in [3.05, 3.63) is 59.3 Å². The van der Waals surface area contributed by atoms with Crippen LogP contribution in [0, 0.1) is 0 Å². The maximum absolute atomic E-state index is 13.3. The molecule has 1 amide bonds. The average molecular weight is 421 g/mol. The number of nitrogens with zero attached hydrogens (tertiary/aromatic N) is 3. The van der Waals surface area contributed by atoms with Crippen molar-refractivity contribution in [1.29, 1.82) is 0 Å². The van der Waals surface area contributed by atoms with Crippen molar-refractivity contribution >= 4 is 17.7 Å². The minimum Gasteiger partial charge on any atom is -0.462 e. The summed E-state index contributed by atoms with van der Waals surface area (Å²) in [5.41, 5.74) is -0.918. The van der Waals surface area contributed by atoms with E-state index in [-0.39, 0.29) is 18.7 Å². The van der Waals surface area contributed by atoms with E-state index in [2.05, 4.69) is 4.98 Å². The van der Waals surface area contributed by atoms with E-state index in [0.29, 0.717) is 37.4 Å². The lowest BCUT2D eigenvalue weighted by Gasteiger charge is -2.24. The van der Waals surface area contributed by atoms with E-state index in [1.807, 2.05) is 4.90 Å². The number of aromatic nitrogens is 1. The third kappa shape index (κ3) is 4.90. The van der Waals surface area contributed by atoms with Crippen molar-refractivity contribution in [2.45, 2.75) is 19.5 Å². The summed E-state index contributed by atoms with van der Waals surface area (Å²) in [6.45, 7) is 3.63. The maximum atomic E-state index is 13.3. The van der Waals surface area contributed by atoms with E-state index in [1.165, 1.54) is 29.3 Å². The zero-order chi connectivity index (χ0) is 21.7. The van der Waals surface area contributed by atoms with Gasteiger partial charge in [0, 0.05) is 32.4 Å². The van der Waals surface area contributed by atoms with Crippen LogP contribution in [0.5, 0.6) is 0 Å². The van der Waals surface area contributed by atoms with Gasteiger partial charge in [0.1, 0.15) is 5.82 Å². The van der Waals surface area contributed by atoms with Gasteiger partial charge in [-0.1, -0.05) is 12.1 Å². The molecule has 0 atom stereocenters. The number of hydrogen-bond donors (Lipinski definition) is 0. The first-order chi connectivity index (χ1) is 14.3. The highest BCUT2D eigenvalue weighted by atomic mass is 19.4. The first-order valence-corrected chi connectivity index (χ1v) is 9.65. The number of anilines is 1. The summed E-state index contributed by atoms with van der Waals surface area (Å²) in [7, 11) is 0. The second kappa shape index (κ2) is 9.15. The van der Waals surface area contributed by atoms with Crippen LogP contribution in [0.25, 0.3) is 0 Å². The van der Waals surface area contributed by atoms with Gasteiger partial charge in [-0.3, -0.25) is 4.79 Å². The molecule has 0 radical (unpaired) electrons. The minimum absolute atomic E-state index is 0.270. The van der Waals surface area contributed by atoms with Crippen molar-refractivity contribution in [3.63, 3.8) is 0 Å². The molecule has 160 valence electrons. The highest BCUT2D eigenvalue weighted by Gasteiger charge is 2.36. The molecule has 1 aliphatic rings. The molecule has 2 aromatic rings. The van der Waals surface area contributed by atoms with E-state index < -0.39 is 23.6 Å². The molecule has 0 bridgehead atoms. The zero-order valence-electron chi connectivity index (χ0n) is 16.5. The standard InChI is InChI=1S/C21H22F3N3O3/c1-2-30-20(29)15-8-9-18(25-14-15)26-10-5-11-27(13-12-26)19(28)16-6-3-4-7-17(16)21(22,23)24/h3-4,6-9,14H,2,5,10-13H2,1H3. The van der Waals surface area contributed by atoms with Crippen LogP contribution in [0.4, 0.5) is 19.0 Å². The van der Waals surface area contributed by atoms with Gasteiger partial charge in [0.25, 0.3) is 5.91 Å². The Morgan fingerprint density at radius 3 is 2.50 bits per heavy atom. The fraction of sp³-hybridized carbons (Fsp3) is 0.381. The second-order valence-electron chi connectivity index (χ2n) is 6.80. The minimum atomic E-state index is -4.59. The molecule has 1 fully saturated rings. The van der Waals surface area contributed by atoms with E-state index in [4.69, 9.17) is 4.74 Å². The third-order valence-corrected chi connectivity index (χ3v) is 4.83. The summed E-state index contributed by atoms with van der Waals surface area (Å²) in [6.07, 6.45) is -2.57. The van der Waals surface area contributed by atoms with Gasteiger partial charge in [0.2, 0.25) is 0 Å². The summed E-state index contributed by atoms with van der Waals surface area (Å²) in [5, 5.41) is 0. The molecule has 6 nitrogen and oxygen atoms in total. The van der Waals surface area contributed by atoms with Crippen LogP contribution in [-0.2, 0) is 10.9 Å². The number of halogens is 3. The molecule has 1 aromatic carbocycles. The fourth-order valence-electron chi connectivity index (χ4n) is 3.35. The van der Waals surface area contributed by atoms with E-state index >= 15 is 0 Å². The number of alkyl halides is 3. The normalized spacial score (nSPS) is 14.9. The van der Waals surface area contributed by atoms with Gasteiger partial charge in [-0.2, -0.15) is 13.2 Å². The second-order valence-corrected chi connectivity index (χ2v) is 6.80. The molecule has 0 saturated carbocycles. The number of ether oxygens (including phenoxy) is 1. The monoisotopic (exact) mass is 421 g/mol. The molecule has 3 rings (SSSR count). The topological polar surface area (TPSA) is 62.7 Å². The summed E-state index contributed by atoms with van der Waals surface area (Å²) in [5.74, 6) is -0.448. The number of pyridine rings is 1. The highest BCUT2D eigenvalue weighted by Crippen LogP contribution is 2.32. The first-order valence-electron chi connectivity index (χ1n) is 9.65. The van der Waals surface area contributed by atoms with Crippen LogP contribution >= 0.6 is 0 Å². The number of esters is 1. The molecule has 1 aliphatic heterocycles. The lowest BCUT2D eigenvalue weighted by atomic mass is 10.1. The molecule has 30 heavy (non-hydrogen) atoms. The maximum Gasteiger partial charge on any atom is 0.417 e. The van der Waals surface area contributed by atoms with Gasteiger partial charge < -0.3 is 14.5 Å². The van der Waals surface area contributed by atoms with Crippen molar-refractivity contribution < 1.29 is 27.5 Å². The summed E-state index contributed by atoms with van der Waals surface area (Å²) in [4.78, 5) is 32.2. The molecule has 0 N–H and O–H groups in total. The van der Waals surface area contributed by atoms with E-state index in [9.17, 15) is 22.8 Å². The summed E-state index contributed by atoms with van der Waals surface area (Å²) >= 11 is 0. The Morgan fingerprint density at radius 1 is 1.07 bits per heavy atom. The van der Waals surface area contributed by atoms with Gasteiger partial charge in [-0.15, -0.1) is 0 Å². The van der Waals surface area contributed by atoms with Crippen LogP contribution in [0.1, 0.15) is 39.6 Å². The molecule has 0 spiro atoms. The van der Waals surface area contributed by atoms with Gasteiger partial charge in [-0.25, -0.2) is 9.78 Å². The van der Waals surface area contributed by atoms with Crippen molar-refractivity contribution in [1.82, 2.24) is 9.88 Å². The fourth-order valence-corrected chi connectivity index (χ4v) is 3.35. The Balaban J connectivity index is 1.70. The van der Waals surface area contributed by atoms with Gasteiger partial charge in [0.05, 0.1) is 23.3 Å². The van der Waals surface area contributed by atoms with Gasteiger partial charge in [0.15, 0.2) is 0 Å². The largest absolute Gasteiger partial charge is 0.462 e. The van der Waals surface area contributed by atoms with Crippen molar-refractivity contribution in [2.75, 3.05) is 37.7 Å². The number of carbonyl (C=O) groups excluding carboxylic acids is 2. The molecule has 1 saturated heterocycles. The molecular weight excluding hydrogens is 399 g/mol. The lowest BCUT2D eigenvalue weighted by molar-refractivity contribution is -0.138. The number of hydrogen-bond acceptors (Lipinski definition) is 5. The van der Waals surface area contributed by atoms with E-state index in [1.54, 1.807) is 19.1 Å². The smallest absolute Gasteiger partial charge is 0.417 e. The summed E-state index contributed by atoms with van der Waals surface area (Å²) < 4.78 is 44.7. The number of amides is 1. The number of rotatable bonds is 4. The predicted molar refractivity (Wildman–Crippen MR) is 104 cm³/mol. The lowest BCUT2D eigenvalue weighted by Crippen LogP contribution is -2.36. The Morgan fingerprint density at radius 2 is 1.83 bits per heavy atom. The molecule has 2 heterocycles. The SMILES string of the molecule is CCOC(=O)c1ccc(N2CCCN(C(=O)c3ccccc3C(F)(F)F)CC2)nc1. The Bertz CT molecular complexity index is 900.